The Morgan fingerprint density at radius 3 is 2.25 bits per heavy atom. The zero-order valence-corrected chi connectivity index (χ0v) is 15.9. The third kappa shape index (κ3) is 5.20. The highest BCUT2D eigenvalue weighted by Crippen LogP contribution is 2.21. The number of amides is 2. The minimum Gasteiger partial charge on any atom is -0.489 e. The lowest BCUT2D eigenvalue weighted by molar-refractivity contribution is -0.114. The van der Waals surface area contributed by atoms with Crippen LogP contribution in [-0.4, -0.2) is 11.8 Å². The van der Waals surface area contributed by atoms with E-state index in [1.807, 2.05) is 43.3 Å². The van der Waals surface area contributed by atoms with Crippen molar-refractivity contribution in [1.82, 2.24) is 0 Å². The lowest BCUT2D eigenvalue weighted by atomic mass is 10.1. The average molecular weight is 374 g/mol. The van der Waals surface area contributed by atoms with E-state index in [2.05, 4.69) is 10.6 Å². The molecule has 28 heavy (non-hydrogen) atoms. The summed E-state index contributed by atoms with van der Waals surface area (Å²) in [6.07, 6.45) is 0. The Morgan fingerprint density at radius 1 is 0.893 bits per heavy atom. The molecule has 0 atom stereocenters. The largest absolute Gasteiger partial charge is 0.489 e. The normalized spacial score (nSPS) is 10.2. The molecule has 2 N–H and O–H groups in total. The van der Waals surface area contributed by atoms with Gasteiger partial charge < -0.3 is 15.4 Å². The molecule has 0 heterocycles. The van der Waals surface area contributed by atoms with E-state index in [0.29, 0.717) is 23.6 Å². The number of carbonyl (C=O) groups excluding carboxylic acids is 2. The molecule has 2 amide bonds. The van der Waals surface area contributed by atoms with Gasteiger partial charge in [-0.3, -0.25) is 9.59 Å². The molecule has 0 fully saturated rings. The first kappa shape index (κ1) is 19.2. The Bertz CT molecular complexity index is 967. The molecule has 0 spiro atoms. The van der Waals surface area contributed by atoms with Crippen LogP contribution in [0.5, 0.6) is 5.75 Å². The molecular weight excluding hydrogens is 352 g/mol. The van der Waals surface area contributed by atoms with Gasteiger partial charge in [-0.2, -0.15) is 0 Å². The van der Waals surface area contributed by atoms with E-state index in [1.165, 1.54) is 6.92 Å². The van der Waals surface area contributed by atoms with Gasteiger partial charge in [0.2, 0.25) is 5.91 Å². The minimum atomic E-state index is -0.207. The highest BCUT2D eigenvalue weighted by Gasteiger charge is 2.08. The molecule has 0 saturated heterocycles. The van der Waals surface area contributed by atoms with E-state index in [-0.39, 0.29) is 11.8 Å². The van der Waals surface area contributed by atoms with Crippen LogP contribution in [0.1, 0.15) is 28.4 Å². The number of anilines is 2. The molecular formula is C23H22N2O3. The number of rotatable bonds is 6. The van der Waals surface area contributed by atoms with Gasteiger partial charge in [0.25, 0.3) is 5.91 Å². The standard InChI is InChI=1S/C23H22N2O3/c1-16-14-20(10-13-22(16)24-17(2)26)25-23(27)19-8-11-21(12-9-19)28-15-18-6-4-3-5-7-18/h3-14H,15H2,1-2H3,(H,24,26)(H,25,27). The monoisotopic (exact) mass is 374 g/mol. The number of nitrogens with one attached hydrogen (secondary N) is 2. The fourth-order valence-corrected chi connectivity index (χ4v) is 2.72. The molecule has 0 bridgehead atoms. The van der Waals surface area contributed by atoms with Crippen molar-refractivity contribution in [2.45, 2.75) is 20.5 Å². The molecule has 142 valence electrons. The Kier molecular flexibility index (Phi) is 6.07. The van der Waals surface area contributed by atoms with Crippen molar-refractivity contribution < 1.29 is 14.3 Å². The summed E-state index contributed by atoms with van der Waals surface area (Å²) in [5.74, 6) is 0.367. The SMILES string of the molecule is CC(=O)Nc1ccc(NC(=O)c2ccc(OCc3ccccc3)cc2)cc1C. The molecule has 0 aliphatic heterocycles. The van der Waals surface area contributed by atoms with Crippen LogP contribution >= 0.6 is 0 Å². The van der Waals surface area contributed by atoms with Crippen molar-refractivity contribution in [3.8, 4) is 5.75 Å². The highest BCUT2D eigenvalue weighted by molar-refractivity contribution is 6.04. The van der Waals surface area contributed by atoms with Gasteiger partial charge in [0.05, 0.1) is 0 Å². The van der Waals surface area contributed by atoms with Gasteiger partial charge in [0.1, 0.15) is 12.4 Å². The molecule has 3 rings (SSSR count). The molecule has 5 heteroatoms. The number of hydrogen-bond acceptors (Lipinski definition) is 3. The first-order valence-corrected chi connectivity index (χ1v) is 8.97. The van der Waals surface area contributed by atoms with Gasteiger partial charge in [-0.15, -0.1) is 0 Å². The maximum atomic E-state index is 12.5. The first-order valence-electron chi connectivity index (χ1n) is 8.97. The fourth-order valence-electron chi connectivity index (χ4n) is 2.72. The molecule has 3 aromatic carbocycles. The lowest BCUT2D eigenvalue weighted by Gasteiger charge is -2.11. The minimum absolute atomic E-state index is 0.130. The lowest BCUT2D eigenvalue weighted by Crippen LogP contribution is -2.12. The van der Waals surface area contributed by atoms with Crippen LogP contribution in [0, 0.1) is 6.92 Å². The number of hydrogen-bond donors (Lipinski definition) is 2. The van der Waals surface area contributed by atoms with Crippen LogP contribution in [-0.2, 0) is 11.4 Å². The van der Waals surface area contributed by atoms with E-state index in [4.69, 9.17) is 4.74 Å². The Labute approximate surface area is 164 Å². The zero-order chi connectivity index (χ0) is 19.9. The molecule has 0 saturated carbocycles. The van der Waals surface area contributed by atoms with Crippen molar-refractivity contribution in [3.05, 3.63) is 89.5 Å². The average Bonchev–Trinajstić information content (AvgIpc) is 2.69. The quantitative estimate of drug-likeness (QED) is 0.652. The summed E-state index contributed by atoms with van der Waals surface area (Å²) in [4.78, 5) is 23.6. The molecule has 0 aliphatic carbocycles. The molecule has 0 unspecified atom stereocenters. The van der Waals surface area contributed by atoms with E-state index >= 15 is 0 Å². The van der Waals surface area contributed by atoms with E-state index in [1.54, 1.807) is 36.4 Å². The van der Waals surface area contributed by atoms with Crippen molar-refractivity contribution in [1.29, 1.82) is 0 Å². The maximum absolute atomic E-state index is 12.5. The summed E-state index contributed by atoms with van der Waals surface area (Å²) < 4.78 is 5.74. The smallest absolute Gasteiger partial charge is 0.255 e. The van der Waals surface area contributed by atoms with Crippen molar-refractivity contribution in [3.63, 3.8) is 0 Å². The van der Waals surface area contributed by atoms with Gasteiger partial charge in [-0.25, -0.2) is 0 Å². The van der Waals surface area contributed by atoms with Crippen LogP contribution in [0.2, 0.25) is 0 Å². The zero-order valence-electron chi connectivity index (χ0n) is 15.9. The van der Waals surface area contributed by atoms with E-state index in [9.17, 15) is 9.59 Å². The van der Waals surface area contributed by atoms with Gasteiger partial charge in [0.15, 0.2) is 0 Å². The van der Waals surface area contributed by atoms with Crippen molar-refractivity contribution in [2.75, 3.05) is 10.6 Å². The van der Waals surface area contributed by atoms with E-state index < -0.39 is 0 Å². The highest BCUT2D eigenvalue weighted by atomic mass is 16.5. The number of benzene rings is 3. The van der Waals surface area contributed by atoms with Gasteiger partial charge >= 0.3 is 0 Å². The van der Waals surface area contributed by atoms with Crippen LogP contribution in [0.25, 0.3) is 0 Å². The van der Waals surface area contributed by atoms with Crippen molar-refractivity contribution in [2.24, 2.45) is 0 Å². The second-order valence-corrected chi connectivity index (χ2v) is 6.46. The Morgan fingerprint density at radius 2 is 1.61 bits per heavy atom. The topological polar surface area (TPSA) is 67.4 Å². The predicted molar refractivity (Wildman–Crippen MR) is 111 cm³/mol. The van der Waals surface area contributed by atoms with Gasteiger partial charge in [-0.05, 0) is 60.5 Å². The van der Waals surface area contributed by atoms with Crippen LogP contribution in [0.3, 0.4) is 0 Å². The van der Waals surface area contributed by atoms with Gasteiger partial charge in [-0.1, -0.05) is 30.3 Å². The summed E-state index contributed by atoms with van der Waals surface area (Å²) in [7, 11) is 0. The van der Waals surface area contributed by atoms with Gasteiger partial charge in [0, 0.05) is 23.9 Å². The summed E-state index contributed by atoms with van der Waals surface area (Å²) in [5, 5.41) is 5.61. The molecule has 0 aliphatic rings. The predicted octanol–water partition coefficient (Wildman–Crippen LogP) is 4.78. The summed E-state index contributed by atoms with van der Waals surface area (Å²) in [5.41, 5.74) is 3.89. The van der Waals surface area contributed by atoms with Crippen molar-refractivity contribution >= 4 is 23.2 Å². The summed E-state index contributed by atoms with van der Waals surface area (Å²) >= 11 is 0. The number of carbonyl (C=O) groups is 2. The number of aryl methyl sites for hydroxylation is 1. The third-order valence-electron chi connectivity index (χ3n) is 4.16. The van der Waals surface area contributed by atoms with Crippen LogP contribution in [0.4, 0.5) is 11.4 Å². The molecule has 0 radical (unpaired) electrons. The van der Waals surface area contributed by atoms with Crippen LogP contribution in [0.15, 0.2) is 72.8 Å². The Hall–Kier alpha value is -3.60. The van der Waals surface area contributed by atoms with E-state index in [0.717, 1.165) is 16.8 Å². The fraction of sp³-hybridized carbons (Fsp3) is 0.130. The second kappa shape index (κ2) is 8.86. The summed E-state index contributed by atoms with van der Waals surface area (Å²) in [6.45, 7) is 3.81. The molecule has 0 aromatic heterocycles. The Balaban J connectivity index is 1.60. The maximum Gasteiger partial charge on any atom is 0.255 e. The third-order valence-corrected chi connectivity index (χ3v) is 4.16. The molecule has 3 aromatic rings. The molecule has 5 nitrogen and oxygen atoms in total. The first-order chi connectivity index (χ1) is 13.5. The van der Waals surface area contributed by atoms with Crippen LogP contribution < -0.4 is 15.4 Å². The summed E-state index contributed by atoms with van der Waals surface area (Å²) in [6, 6.07) is 22.3. The second-order valence-electron chi connectivity index (χ2n) is 6.46. The number of ether oxygens (including phenoxy) is 1.